The molecule has 40 heavy (non-hydrogen) atoms. The second-order valence-electron chi connectivity index (χ2n) is 13.8. The van der Waals surface area contributed by atoms with Crippen molar-refractivity contribution in [3.05, 3.63) is 0 Å². The van der Waals surface area contributed by atoms with E-state index in [1.807, 2.05) is 0 Å². The number of esters is 2. The molecule has 0 bridgehead atoms. The van der Waals surface area contributed by atoms with Crippen LogP contribution in [-0.2, 0) is 19.1 Å². The van der Waals surface area contributed by atoms with Gasteiger partial charge in [-0.1, -0.05) is 81.1 Å². The zero-order valence-electron chi connectivity index (χ0n) is 26.7. The quantitative estimate of drug-likeness (QED) is 0.161. The van der Waals surface area contributed by atoms with E-state index in [2.05, 4.69) is 55.4 Å². The number of unbranched alkanes of at least 4 members (excludes halogenated alkanes) is 5. The van der Waals surface area contributed by atoms with Crippen molar-refractivity contribution < 1.29 is 29.5 Å². The molecule has 0 spiro atoms. The largest absolute Gasteiger partial charge is 0.462 e. The molecule has 2 fully saturated rings. The molecular weight excluding hydrogens is 508 g/mol. The molecule has 2 heterocycles. The Hall–Kier alpha value is -1.22. The minimum Gasteiger partial charge on any atom is -0.462 e. The van der Waals surface area contributed by atoms with Crippen LogP contribution in [-0.4, -0.2) is 68.9 Å². The van der Waals surface area contributed by atoms with E-state index >= 15 is 0 Å². The highest BCUT2D eigenvalue weighted by Gasteiger charge is 2.40. The third kappa shape index (κ3) is 10.9. The molecule has 0 aromatic carbocycles. The molecule has 4 atom stereocenters. The van der Waals surface area contributed by atoms with Crippen LogP contribution in [0.4, 0.5) is 0 Å². The monoisotopic (exact) mass is 568 g/mol. The van der Waals surface area contributed by atoms with E-state index in [-0.39, 0.29) is 48.3 Å². The van der Waals surface area contributed by atoms with Crippen LogP contribution in [0.2, 0.25) is 0 Å². The molecule has 2 rings (SSSR count). The van der Waals surface area contributed by atoms with Crippen LogP contribution in [0.25, 0.3) is 0 Å². The molecule has 0 aliphatic carbocycles. The van der Waals surface area contributed by atoms with Gasteiger partial charge in [-0.2, -0.15) is 10.1 Å². The van der Waals surface area contributed by atoms with Gasteiger partial charge in [-0.3, -0.25) is 9.59 Å². The molecule has 2 N–H and O–H groups in total. The molecule has 2 saturated heterocycles. The fourth-order valence-electron chi connectivity index (χ4n) is 6.43. The zero-order chi connectivity index (χ0) is 30.0. The first kappa shape index (κ1) is 35.0. The summed E-state index contributed by atoms with van der Waals surface area (Å²) in [6.45, 7) is 16.8. The number of hydrogen-bond acceptors (Lipinski definition) is 8. The normalized spacial score (nSPS) is 28.6. The number of carbonyl (C=O) groups excluding carboxylic acids is 2. The average Bonchev–Trinajstić information content (AvgIpc) is 2.86. The Morgan fingerprint density at radius 2 is 0.800 bits per heavy atom. The Labute approximate surface area is 244 Å². The van der Waals surface area contributed by atoms with E-state index < -0.39 is 0 Å². The number of piperidine rings is 2. The van der Waals surface area contributed by atoms with Crippen molar-refractivity contribution in [2.45, 2.75) is 169 Å². The van der Waals surface area contributed by atoms with Gasteiger partial charge in [-0.25, -0.2) is 0 Å². The number of carbonyl (C=O) groups is 2. The van der Waals surface area contributed by atoms with Crippen LogP contribution in [0.5, 0.6) is 0 Å². The summed E-state index contributed by atoms with van der Waals surface area (Å²) in [5.74, 6) is 0.922. The highest BCUT2D eigenvalue weighted by atomic mass is 16.6. The minimum atomic E-state index is -0.129. The lowest BCUT2D eigenvalue weighted by Gasteiger charge is -2.44. The Balaban J connectivity index is 1.59. The summed E-state index contributed by atoms with van der Waals surface area (Å²) in [5.41, 5.74) is 0. The van der Waals surface area contributed by atoms with Crippen LogP contribution >= 0.6 is 0 Å². The van der Waals surface area contributed by atoms with Gasteiger partial charge in [0.1, 0.15) is 12.2 Å². The van der Waals surface area contributed by atoms with Crippen molar-refractivity contribution in [1.82, 2.24) is 10.1 Å². The van der Waals surface area contributed by atoms with Crippen LogP contribution in [0.1, 0.15) is 132 Å². The second kappa shape index (κ2) is 17.0. The first-order valence-corrected chi connectivity index (χ1v) is 16.1. The van der Waals surface area contributed by atoms with Crippen molar-refractivity contribution in [3.8, 4) is 0 Å². The smallest absolute Gasteiger partial charge is 0.306 e. The van der Waals surface area contributed by atoms with Crippen LogP contribution in [0.15, 0.2) is 0 Å². The fourth-order valence-corrected chi connectivity index (χ4v) is 6.43. The Bertz CT molecular complexity index is 660. The van der Waals surface area contributed by atoms with Gasteiger partial charge in [0.25, 0.3) is 0 Å². The van der Waals surface area contributed by atoms with Crippen molar-refractivity contribution in [2.75, 3.05) is 0 Å². The van der Waals surface area contributed by atoms with E-state index in [0.29, 0.717) is 62.2 Å². The van der Waals surface area contributed by atoms with Crippen molar-refractivity contribution >= 4 is 11.9 Å². The van der Waals surface area contributed by atoms with Crippen LogP contribution in [0, 0.1) is 23.7 Å². The van der Waals surface area contributed by atoms with E-state index in [1.165, 1.54) is 10.1 Å². The maximum Gasteiger partial charge on any atom is 0.306 e. The zero-order valence-corrected chi connectivity index (χ0v) is 26.7. The topological polar surface area (TPSA) is 99.5 Å². The molecular formula is C32H60N2O6. The maximum atomic E-state index is 12.5. The van der Waals surface area contributed by atoms with Crippen LogP contribution < -0.4 is 0 Å². The summed E-state index contributed by atoms with van der Waals surface area (Å²) in [4.78, 5) is 25.0. The molecule has 2 aliphatic heterocycles. The third-order valence-corrected chi connectivity index (χ3v) is 9.06. The summed E-state index contributed by atoms with van der Waals surface area (Å²) >= 11 is 0. The van der Waals surface area contributed by atoms with Crippen LogP contribution in [0.3, 0.4) is 0 Å². The minimum absolute atomic E-state index is 0.0127. The molecule has 0 aromatic rings. The molecule has 0 amide bonds. The molecule has 2 aliphatic rings. The first-order valence-electron chi connectivity index (χ1n) is 16.1. The molecule has 8 heteroatoms. The summed E-state index contributed by atoms with van der Waals surface area (Å²) in [7, 11) is 0. The number of hydrogen-bond donors (Lipinski definition) is 2. The molecule has 0 radical (unpaired) electrons. The number of hydroxylamine groups is 4. The maximum absolute atomic E-state index is 12.5. The van der Waals surface area contributed by atoms with Gasteiger partial charge >= 0.3 is 11.9 Å². The number of ether oxygens (including phenoxy) is 2. The van der Waals surface area contributed by atoms with Crippen molar-refractivity contribution in [3.63, 3.8) is 0 Å². The van der Waals surface area contributed by atoms with Gasteiger partial charge in [-0.15, -0.1) is 0 Å². The molecule has 0 aromatic heterocycles. The van der Waals surface area contributed by atoms with Gasteiger partial charge < -0.3 is 19.9 Å². The van der Waals surface area contributed by atoms with E-state index in [0.717, 1.165) is 38.5 Å². The summed E-state index contributed by atoms with van der Waals surface area (Å²) in [6, 6.07) is 0.0508. The highest BCUT2D eigenvalue weighted by Crippen LogP contribution is 2.33. The number of nitrogens with zero attached hydrogens (tertiary/aromatic N) is 2. The first-order chi connectivity index (χ1) is 18.8. The molecule has 4 unspecified atom stereocenters. The predicted molar refractivity (Wildman–Crippen MR) is 157 cm³/mol. The fraction of sp³-hybridized carbons (Fsp3) is 0.938. The predicted octanol–water partition coefficient (Wildman–Crippen LogP) is 7.00. The molecule has 234 valence electrons. The van der Waals surface area contributed by atoms with Crippen molar-refractivity contribution in [2.24, 2.45) is 23.7 Å². The molecule has 8 nitrogen and oxygen atoms in total. The SMILES string of the molecule is CC(C)C1CC(OC(=O)CCCCCCCCC(=O)OC2CC(C(C)C)N(O)C(C(C)C)C2)CC(C(C)C)N1O. The van der Waals surface area contributed by atoms with Gasteiger partial charge in [-0.05, 0) is 36.5 Å². The lowest BCUT2D eigenvalue weighted by atomic mass is 9.85. The van der Waals surface area contributed by atoms with Gasteiger partial charge in [0, 0.05) is 62.7 Å². The summed E-state index contributed by atoms with van der Waals surface area (Å²) in [5, 5.41) is 24.2. The van der Waals surface area contributed by atoms with Gasteiger partial charge in [0.15, 0.2) is 0 Å². The lowest BCUT2D eigenvalue weighted by Crippen LogP contribution is -2.53. The third-order valence-electron chi connectivity index (χ3n) is 9.06. The Kier molecular flexibility index (Phi) is 14.9. The van der Waals surface area contributed by atoms with Crippen molar-refractivity contribution in [1.29, 1.82) is 0 Å². The van der Waals surface area contributed by atoms with Gasteiger partial charge in [0.05, 0.1) is 0 Å². The average molecular weight is 569 g/mol. The lowest BCUT2D eigenvalue weighted by molar-refractivity contribution is -0.218. The summed E-state index contributed by atoms with van der Waals surface area (Å²) in [6.07, 6.45) is 9.02. The van der Waals surface area contributed by atoms with E-state index in [9.17, 15) is 20.0 Å². The Morgan fingerprint density at radius 1 is 0.550 bits per heavy atom. The Morgan fingerprint density at radius 3 is 1.05 bits per heavy atom. The van der Waals surface area contributed by atoms with E-state index in [4.69, 9.17) is 9.47 Å². The number of rotatable bonds is 15. The molecule has 0 saturated carbocycles. The van der Waals surface area contributed by atoms with E-state index in [1.54, 1.807) is 0 Å². The highest BCUT2D eigenvalue weighted by molar-refractivity contribution is 5.69. The second-order valence-corrected chi connectivity index (χ2v) is 13.8. The summed E-state index contributed by atoms with van der Waals surface area (Å²) < 4.78 is 11.7. The van der Waals surface area contributed by atoms with Gasteiger partial charge in [0.2, 0.25) is 0 Å². The standard InChI is InChI=1S/C32H60N2O6/c1-21(2)27-17-25(18-28(22(3)4)33(27)37)39-31(35)15-13-11-9-10-12-14-16-32(36)40-26-19-29(23(5)6)34(38)30(20-26)24(7)8/h21-30,37-38H,9-20H2,1-8H3.